The minimum atomic E-state index is -3.81. The minimum absolute atomic E-state index is 0.0989. The summed E-state index contributed by atoms with van der Waals surface area (Å²) in [5, 5.41) is 14.5. The van der Waals surface area contributed by atoms with E-state index in [0.717, 1.165) is 11.1 Å². The minimum Gasteiger partial charge on any atom is -0.348 e. The van der Waals surface area contributed by atoms with Gasteiger partial charge in [0.25, 0.3) is 15.7 Å². The fourth-order valence-corrected chi connectivity index (χ4v) is 3.68. The third kappa shape index (κ3) is 5.03. The van der Waals surface area contributed by atoms with Crippen molar-refractivity contribution in [3.05, 3.63) is 106 Å². The van der Waals surface area contributed by atoms with Crippen LogP contribution < -0.4 is 10.0 Å². The van der Waals surface area contributed by atoms with Crippen molar-refractivity contribution in [1.29, 1.82) is 0 Å². The van der Waals surface area contributed by atoms with Gasteiger partial charge in [-0.3, -0.25) is 14.8 Å². The third-order valence-corrected chi connectivity index (χ3v) is 5.71. The van der Waals surface area contributed by atoms with Gasteiger partial charge in [-0.05, 0) is 43.2 Å². The molecule has 7 nitrogen and oxygen atoms in total. The van der Waals surface area contributed by atoms with E-state index in [1.54, 1.807) is 55.5 Å². The zero-order chi connectivity index (χ0) is 21.7. The lowest BCUT2D eigenvalue weighted by atomic mass is 10.1. The number of sulfonamides is 1. The topological polar surface area (TPSA) is 101 Å². The Hall–Kier alpha value is -3.65. The lowest BCUT2D eigenvalue weighted by molar-refractivity contribution is -0.384. The van der Waals surface area contributed by atoms with Gasteiger partial charge in [0.15, 0.2) is 0 Å². The first kappa shape index (κ1) is 21.1. The van der Waals surface area contributed by atoms with Crippen LogP contribution in [0.5, 0.6) is 0 Å². The molecule has 0 aromatic heterocycles. The molecule has 0 aliphatic heterocycles. The summed E-state index contributed by atoms with van der Waals surface area (Å²) < 4.78 is 27.8. The molecule has 3 aromatic rings. The Morgan fingerprint density at radius 1 is 0.933 bits per heavy atom. The van der Waals surface area contributed by atoms with E-state index in [-0.39, 0.29) is 16.3 Å². The van der Waals surface area contributed by atoms with E-state index >= 15 is 0 Å². The molecule has 0 amide bonds. The van der Waals surface area contributed by atoms with Gasteiger partial charge in [-0.25, -0.2) is 8.42 Å². The van der Waals surface area contributed by atoms with E-state index in [1.807, 2.05) is 13.0 Å². The van der Waals surface area contributed by atoms with Crippen molar-refractivity contribution < 1.29 is 13.3 Å². The Morgan fingerprint density at radius 3 is 2.20 bits per heavy atom. The number of hydrogen-bond acceptors (Lipinski definition) is 5. The first-order valence-corrected chi connectivity index (χ1v) is 10.6. The average molecular weight is 423 g/mol. The summed E-state index contributed by atoms with van der Waals surface area (Å²) >= 11 is 0. The van der Waals surface area contributed by atoms with Gasteiger partial charge in [0, 0.05) is 12.3 Å². The van der Waals surface area contributed by atoms with Crippen LogP contribution in [0.15, 0.2) is 83.9 Å². The second kappa shape index (κ2) is 8.79. The van der Waals surface area contributed by atoms with Gasteiger partial charge in [0.1, 0.15) is 5.69 Å². The molecule has 154 valence electrons. The Balaban J connectivity index is 1.98. The summed E-state index contributed by atoms with van der Waals surface area (Å²) in [7, 11) is -3.81. The quantitative estimate of drug-likeness (QED) is 0.427. The predicted octanol–water partition coefficient (Wildman–Crippen LogP) is 4.60. The van der Waals surface area contributed by atoms with Crippen LogP contribution in [0.25, 0.3) is 5.70 Å². The lowest BCUT2D eigenvalue weighted by Gasteiger charge is -2.13. The van der Waals surface area contributed by atoms with Crippen molar-refractivity contribution in [3.8, 4) is 0 Å². The normalized spacial score (nSPS) is 11.7. The molecule has 30 heavy (non-hydrogen) atoms. The maximum absolute atomic E-state index is 12.7. The Kier molecular flexibility index (Phi) is 6.17. The fraction of sp³-hybridized carbons (Fsp3) is 0.0909. The number of aryl methyl sites for hydroxylation is 2. The molecule has 3 aromatic carbocycles. The summed E-state index contributed by atoms with van der Waals surface area (Å²) in [4.78, 5) is 11.1. The van der Waals surface area contributed by atoms with Crippen molar-refractivity contribution in [2.45, 2.75) is 18.7 Å². The number of nitro benzene ring substituents is 1. The van der Waals surface area contributed by atoms with Crippen LogP contribution in [-0.4, -0.2) is 13.3 Å². The molecule has 0 aliphatic rings. The molecule has 0 heterocycles. The molecule has 3 rings (SSSR count). The second-order valence-electron chi connectivity index (χ2n) is 6.76. The Morgan fingerprint density at radius 2 is 1.57 bits per heavy atom. The lowest BCUT2D eigenvalue weighted by Crippen LogP contribution is -2.19. The summed E-state index contributed by atoms with van der Waals surface area (Å²) in [6.07, 6.45) is 1.30. The second-order valence-corrected chi connectivity index (χ2v) is 8.48. The first-order chi connectivity index (χ1) is 14.3. The highest BCUT2D eigenvalue weighted by Gasteiger charge is 2.17. The Labute approximate surface area is 175 Å². The zero-order valence-electron chi connectivity index (χ0n) is 16.5. The van der Waals surface area contributed by atoms with Crippen molar-refractivity contribution in [3.63, 3.8) is 0 Å². The number of benzene rings is 3. The molecule has 0 aliphatic carbocycles. The van der Waals surface area contributed by atoms with E-state index in [9.17, 15) is 18.5 Å². The van der Waals surface area contributed by atoms with Gasteiger partial charge in [-0.15, -0.1) is 0 Å². The van der Waals surface area contributed by atoms with Gasteiger partial charge < -0.3 is 5.32 Å². The molecule has 0 unspecified atom stereocenters. The van der Waals surface area contributed by atoms with Crippen molar-refractivity contribution >= 4 is 27.1 Å². The van der Waals surface area contributed by atoms with E-state index in [4.69, 9.17) is 0 Å². The van der Waals surface area contributed by atoms with Crippen LogP contribution >= 0.6 is 0 Å². The molecular formula is C22H21N3O4S. The molecule has 0 atom stereocenters. The number of hydrogen-bond donors (Lipinski definition) is 2. The molecular weight excluding hydrogens is 402 g/mol. The average Bonchev–Trinajstić information content (AvgIpc) is 2.73. The number of rotatable bonds is 7. The molecule has 0 spiro atoms. The van der Waals surface area contributed by atoms with Crippen LogP contribution in [0.3, 0.4) is 0 Å². The maximum atomic E-state index is 12.7. The summed E-state index contributed by atoms with van der Waals surface area (Å²) in [6, 6.07) is 20.2. The van der Waals surface area contributed by atoms with Crippen LogP contribution in [0.4, 0.5) is 11.4 Å². The molecule has 0 bridgehead atoms. The van der Waals surface area contributed by atoms with E-state index in [0.29, 0.717) is 11.3 Å². The van der Waals surface area contributed by atoms with Gasteiger partial charge in [-0.2, -0.15) is 0 Å². The molecule has 0 saturated carbocycles. The molecule has 8 heteroatoms. The standard InChI is InChI=1S/C22H21N3O4S/c1-16-8-11-19(12-9-16)30(28,29)23-15-21(18-6-4-3-5-7-18)24-20-13-10-17(2)14-22(20)25(26)27/h3-15,23-24H,1-2H3/b21-15-. The number of nitrogens with one attached hydrogen (secondary N) is 2. The molecule has 0 saturated heterocycles. The van der Waals surface area contributed by atoms with Crippen LogP contribution in [0.2, 0.25) is 0 Å². The number of nitro groups is 1. The monoisotopic (exact) mass is 423 g/mol. The van der Waals surface area contributed by atoms with Gasteiger partial charge in [-0.1, -0.05) is 54.1 Å². The third-order valence-electron chi connectivity index (χ3n) is 4.39. The highest BCUT2D eigenvalue weighted by Crippen LogP contribution is 2.28. The smallest absolute Gasteiger partial charge is 0.292 e. The van der Waals surface area contributed by atoms with Crippen molar-refractivity contribution in [1.82, 2.24) is 4.72 Å². The molecule has 0 fully saturated rings. The molecule has 2 N–H and O–H groups in total. The van der Waals surface area contributed by atoms with E-state index in [2.05, 4.69) is 10.0 Å². The largest absolute Gasteiger partial charge is 0.348 e. The molecule has 0 radical (unpaired) electrons. The number of anilines is 1. The maximum Gasteiger partial charge on any atom is 0.292 e. The van der Waals surface area contributed by atoms with E-state index < -0.39 is 14.9 Å². The number of nitrogens with zero attached hydrogens (tertiary/aromatic N) is 1. The summed E-state index contributed by atoms with van der Waals surface area (Å²) in [5.41, 5.74) is 2.89. The highest BCUT2D eigenvalue weighted by molar-refractivity contribution is 7.89. The van der Waals surface area contributed by atoms with Gasteiger partial charge in [0.2, 0.25) is 0 Å². The predicted molar refractivity (Wildman–Crippen MR) is 117 cm³/mol. The van der Waals surface area contributed by atoms with Crippen LogP contribution in [0, 0.1) is 24.0 Å². The SMILES string of the molecule is Cc1ccc(S(=O)(=O)N/C=C(\Nc2ccc(C)cc2[N+](=O)[O-])c2ccccc2)cc1. The Bertz CT molecular complexity index is 1190. The zero-order valence-corrected chi connectivity index (χ0v) is 17.3. The van der Waals surface area contributed by atoms with Crippen molar-refractivity contribution in [2.75, 3.05) is 5.32 Å². The van der Waals surface area contributed by atoms with Gasteiger partial charge >= 0.3 is 0 Å². The fourth-order valence-electron chi connectivity index (χ4n) is 2.77. The van der Waals surface area contributed by atoms with Crippen LogP contribution in [0.1, 0.15) is 16.7 Å². The highest BCUT2D eigenvalue weighted by atomic mass is 32.2. The van der Waals surface area contributed by atoms with Gasteiger partial charge in [0.05, 0.1) is 15.5 Å². The first-order valence-electron chi connectivity index (χ1n) is 9.13. The summed E-state index contributed by atoms with van der Waals surface area (Å²) in [6.45, 7) is 3.63. The van der Waals surface area contributed by atoms with Crippen molar-refractivity contribution in [2.24, 2.45) is 0 Å². The van der Waals surface area contributed by atoms with Crippen LogP contribution in [-0.2, 0) is 10.0 Å². The summed E-state index contributed by atoms with van der Waals surface area (Å²) in [5.74, 6) is 0. The van der Waals surface area contributed by atoms with E-state index in [1.165, 1.54) is 24.4 Å².